The first kappa shape index (κ1) is 12.1. The molecule has 0 aromatic carbocycles. The maximum absolute atomic E-state index is 4.38. The monoisotopic (exact) mass is 394 g/mol. The summed E-state index contributed by atoms with van der Waals surface area (Å²) in [6.45, 7) is 2.95. The molecule has 2 aromatic heterocycles. The Morgan fingerprint density at radius 1 is 1.50 bits per heavy atom. The van der Waals surface area contributed by atoms with Crippen molar-refractivity contribution in [2.75, 3.05) is 0 Å². The Bertz CT molecular complexity index is 503. The van der Waals surface area contributed by atoms with E-state index in [2.05, 4.69) is 55.5 Å². The molecule has 16 heavy (non-hydrogen) atoms. The number of hydrogen-bond acceptors (Lipinski definition) is 2. The van der Waals surface area contributed by atoms with Crippen molar-refractivity contribution in [1.82, 2.24) is 19.3 Å². The predicted molar refractivity (Wildman–Crippen MR) is 74.3 cm³/mol. The highest BCUT2D eigenvalue weighted by Crippen LogP contribution is 2.21. The molecule has 4 nitrogen and oxygen atoms in total. The van der Waals surface area contributed by atoms with Crippen LogP contribution in [0.15, 0.2) is 17.1 Å². The average Bonchev–Trinajstić information content (AvgIpc) is 2.77. The summed E-state index contributed by atoms with van der Waals surface area (Å²) in [5.41, 5.74) is 2.28. The third kappa shape index (κ3) is 2.17. The smallest absolute Gasteiger partial charge is 0.107 e. The zero-order valence-corrected chi connectivity index (χ0v) is 12.9. The fourth-order valence-corrected chi connectivity index (χ4v) is 2.55. The number of rotatable bonds is 3. The van der Waals surface area contributed by atoms with Gasteiger partial charge in [0.25, 0.3) is 0 Å². The summed E-state index contributed by atoms with van der Waals surface area (Å²) in [6, 6.07) is 0. The lowest BCUT2D eigenvalue weighted by atomic mass is 10.2. The van der Waals surface area contributed by atoms with Crippen molar-refractivity contribution in [3.63, 3.8) is 0 Å². The normalized spacial score (nSPS) is 11.0. The zero-order valence-electron chi connectivity index (χ0n) is 9.11. The Morgan fingerprint density at radius 2 is 2.25 bits per heavy atom. The van der Waals surface area contributed by atoms with E-state index in [-0.39, 0.29) is 0 Å². The van der Waals surface area contributed by atoms with Gasteiger partial charge in [-0.3, -0.25) is 4.68 Å². The van der Waals surface area contributed by atoms with E-state index in [0.29, 0.717) is 0 Å². The molecule has 2 aromatic rings. The number of halogens is 2. The van der Waals surface area contributed by atoms with Crippen LogP contribution in [-0.4, -0.2) is 19.3 Å². The molecule has 2 heterocycles. The van der Waals surface area contributed by atoms with Gasteiger partial charge < -0.3 is 4.57 Å². The van der Waals surface area contributed by atoms with Crippen LogP contribution in [0.2, 0.25) is 0 Å². The zero-order chi connectivity index (χ0) is 11.7. The van der Waals surface area contributed by atoms with Crippen molar-refractivity contribution in [3.05, 3.63) is 32.1 Å². The standard InChI is InChI=1S/C10H12BrIN4/c1-3-16-9(11)7(5-14-16)4-8-10(12)15(2)6-13-8/h5-6H,3-4H2,1-2H3. The van der Waals surface area contributed by atoms with E-state index in [4.69, 9.17) is 0 Å². The second kappa shape index (κ2) is 4.87. The van der Waals surface area contributed by atoms with Gasteiger partial charge in [0.05, 0.1) is 18.2 Å². The molecule has 2 rings (SSSR count). The quantitative estimate of drug-likeness (QED) is 0.750. The molecular formula is C10H12BrIN4. The lowest BCUT2D eigenvalue weighted by Crippen LogP contribution is -1.97. The summed E-state index contributed by atoms with van der Waals surface area (Å²) < 4.78 is 6.18. The third-order valence-corrected chi connectivity index (χ3v) is 4.74. The van der Waals surface area contributed by atoms with Gasteiger partial charge in [0.2, 0.25) is 0 Å². The van der Waals surface area contributed by atoms with Crippen LogP contribution in [0.25, 0.3) is 0 Å². The molecule has 0 aliphatic heterocycles. The molecule has 0 saturated carbocycles. The Morgan fingerprint density at radius 3 is 2.75 bits per heavy atom. The number of nitrogens with zero attached hydrogens (tertiary/aromatic N) is 4. The molecule has 0 unspecified atom stereocenters. The molecule has 0 amide bonds. The van der Waals surface area contributed by atoms with Crippen LogP contribution < -0.4 is 0 Å². The SMILES string of the molecule is CCn1ncc(Cc2ncn(C)c2I)c1Br. The largest absolute Gasteiger partial charge is 0.329 e. The highest BCUT2D eigenvalue weighted by molar-refractivity contribution is 14.1. The van der Waals surface area contributed by atoms with Crippen LogP contribution in [-0.2, 0) is 20.0 Å². The van der Waals surface area contributed by atoms with Gasteiger partial charge in [-0.25, -0.2) is 4.98 Å². The summed E-state index contributed by atoms with van der Waals surface area (Å²) in [4.78, 5) is 4.38. The summed E-state index contributed by atoms with van der Waals surface area (Å²) in [5, 5.41) is 4.30. The molecule has 0 radical (unpaired) electrons. The first-order chi connectivity index (χ1) is 7.63. The van der Waals surface area contributed by atoms with Gasteiger partial charge in [-0.1, -0.05) is 0 Å². The maximum Gasteiger partial charge on any atom is 0.107 e. The summed E-state index contributed by atoms with van der Waals surface area (Å²) in [7, 11) is 2.00. The van der Waals surface area contributed by atoms with E-state index in [9.17, 15) is 0 Å². The maximum atomic E-state index is 4.38. The fraction of sp³-hybridized carbons (Fsp3) is 0.400. The van der Waals surface area contributed by atoms with Crippen LogP contribution in [0.3, 0.4) is 0 Å². The van der Waals surface area contributed by atoms with E-state index in [1.807, 2.05) is 28.8 Å². The molecule has 0 atom stereocenters. The van der Waals surface area contributed by atoms with Crippen LogP contribution in [0.4, 0.5) is 0 Å². The van der Waals surface area contributed by atoms with E-state index in [0.717, 1.165) is 23.3 Å². The van der Waals surface area contributed by atoms with Crippen LogP contribution >= 0.6 is 38.5 Å². The van der Waals surface area contributed by atoms with Gasteiger partial charge in [-0.05, 0) is 45.4 Å². The van der Waals surface area contributed by atoms with Gasteiger partial charge in [-0.15, -0.1) is 0 Å². The lowest BCUT2D eigenvalue weighted by Gasteiger charge is -2.00. The van der Waals surface area contributed by atoms with E-state index in [1.165, 1.54) is 9.26 Å². The Balaban J connectivity index is 2.27. The minimum atomic E-state index is 0.819. The number of aryl methyl sites for hydroxylation is 2. The van der Waals surface area contributed by atoms with Crippen LogP contribution in [0, 0.1) is 3.70 Å². The van der Waals surface area contributed by atoms with E-state index in [1.54, 1.807) is 0 Å². The van der Waals surface area contributed by atoms with Crippen molar-refractivity contribution in [2.24, 2.45) is 7.05 Å². The second-order valence-corrected chi connectivity index (χ2v) is 5.32. The highest BCUT2D eigenvalue weighted by atomic mass is 127. The molecule has 0 aliphatic rings. The summed E-state index contributed by atoms with van der Waals surface area (Å²) in [5.74, 6) is 0. The Labute approximate surface area is 116 Å². The average molecular weight is 395 g/mol. The van der Waals surface area contributed by atoms with Crippen molar-refractivity contribution >= 4 is 38.5 Å². The predicted octanol–water partition coefficient (Wildman–Crippen LogP) is 2.59. The molecular weight excluding hydrogens is 383 g/mol. The second-order valence-electron chi connectivity index (χ2n) is 3.55. The highest BCUT2D eigenvalue weighted by Gasteiger charge is 2.12. The minimum absolute atomic E-state index is 0.819. The molecule has 0 bridgehead atoms. The van der Waals surface area contributed by atoms with Gasteiger partial charge in [0.1, 0.15) is 8.30 Å². The van der Waals surface area contributed by atoms with Gasteiger partial charge in [0, 0.05) is 25.6 Å². The fourth-order valence-electron chi connectivity index (χ4n) is 1.51. The molecule has 0 N–H and O–H groups in total. The van der Waals surface area contributed by atoms with Crippen molar-refractivity contribution in [1.29, 1.82) is 0 Å². The topological polar surface area (TPSA) is 35.6 Å². The lowest BCUT2D eigenvalue weighted by molar-refractivity contribution is 0.644. The number of aromatic nitrogens is 4. The molecule has 0 saturated heterocycles. The number of hydrogen-bond donors (Lipinski definition) is 0. The van der Waals surface area contributed by atoms with Gasteiger partial charge in [-0.2, -0.15) is 5.10 Å². The molecule has 6 heteroatoms. The van der Waals surface area contributed by atoms with Gasteiger partial charge in [0.15, 0.2) is 0 Å². The van der Waals surface area contributed by atoms with E-state index >= 15 is 0 Å². The third-order valence-electron chi connectivity index (χ3n) is 2.44. The molecule has 0 spiro atoms. The van der Waals surface area contributed by atoms with E-state index < -0.39 is 0 Å². The Hall–Kier alpha value is -0.370. The first-order valence-electron chi connectivity index (χ1n) is 4.99. The molecule has 0 aliphatic carbocycles. The number of imidazole rings is 1. The van der Waals surface area contributed by atoms with Crippen LogP contribution in [0.5, 0.6) is 0 Å². The first-order valence-corrected chi connectivity index (χ1v) is 6.86. The van der Waals surface area contributed by atoms with Gasteiger partial charge >= 0.3 is 0 Å². The van der Waals surface area contributed by atoms with Crippen LogP contribution in [0.1, 0.15) is 18.2 Å². The van der Waals surface area contributed by atoms with Crippen molar-refractivity contribution in [3.8, 4) is 0 Å². The van der Waals surface area contributed by atoms with Crippen molar-refractivity contribution in [2.45, 2.75) is 19.9 Å². The minimum Gasteiger partial charge on any atom is -0.329 e. The summed E-state index contributed by atoms with van der Waals surface area (Å²) >= 11 is 5.88. The summed E-state index contributed by atoms with van der Waals surface area (Å²) in [6.07, 6.45) is 4.56. The Kier molecular flexibility index (Phi) is 3.68. The molecule has 86 valence electrons. The molecule has 0 fully saturated rings. The van der Waals surface area contributed by atoms with Crippen molar-refractivity contribution < 1.29 is 0 Å².